The van der Waals surface area contributed by atoms with Gasteiger partial charge in [0.2, 0.25) is 0 Å². The standard InChI is InChI=1S/C13H27N3/c1-11(9-14-12-6-7-12)16(3)10-13-5-4-8-15(13)2/h11-14H,4-10H2,1-3H3. The molecule has 0 aromatic heterocycles. The van der Waals surface area contributed by atoms with E-state index in [2.05, 4.69) is 36.1 Å². The highest BCUT2D eigenvalue weighted by molar-refractivity contribution is 4.84. The van der Waals surface area contributed by atoms with Crippen molar-refractivity contribution in [2.45, 2.75) is 50.7 Å². The van der Waals surface area contributed by atoms with Crippen molar-refractivity contribution >= 4 is 0 Å². The highest BCUT2D eigenvalue weighted by Gasteiger charge is 2.25. The Morgan fingerprint density at radius 2 is 2.12 bits per heavy atom. The van der Waals surface area contributed by atoms with Crippen molar-refractivity contribution in [1.82, 2.24) is 15.1 Å². The van der Waals surface area contributed by atoms with Gasteiger partial charge in [-0.15, -0.1) is 0 Å². The van der Waals surface area contributed by atoms with Gasteiger partial charge in [0.25, 0.3) is 0 Å². The van der Waals surface area contributed by atoms with Crippen LogP contribution in [0.2, 0.25) is 0 Å². The number of nitrogens with one attached hydrogen (secondary N) is 1. The second-order valence-corrected chi connectivity index (χ2v) is 5.75. The number of rotatable bonds is 6. The molecule has 0 aromatic carbocycles. The topological polar surface area (TPSA) is 18.5 Å². The smallest absolute Gasteiger partial charge is 0.0220 e. The van der Waals surface area contributed by atoms with E-state index in [1.54, 1.807) is 0 Å². The second kappa shape index (κ2) is 5.48. The molecule has 0 radical (unpaired) electrons. The summed E-state index contributed by atoms with van der Waals surface area (Å²) >= 11 is 0. The monoisotopic (exact) mass is 225 g/mol. The van der Waals surface area contributed by atoms with Gasteiger partial charge in [-0.2, -0.15) is 0 Å². The van der Waals surface area contributed by atoms with Crippen molar-refractivity contribution in [3.63, 3.8) is 0 Å². The van der Waals surface area contributed by atoms with Crippen molar-refractivity contribution in [3.05, 3.63) is 0 Å². The van der Waals surface area contributed by atoms with E-state index in [-0.39, 0.29) is 0 Å². The van der Waals surface area contributed by atoms with Crippen LogP contribution in [0.3, 0.4) is 0 Å². The number of likely N-dealkylation sites (N-methyl/N-ethyl adjacent to an activating group) is 2. The van der Waals surface area contributed by atoms with Crippen LogP contribution >= 0.6 is 0 Å². The fourth-order valence-corrected chi connectivity index (χ4v) is 2.50. The summed E-state index contributed by atoms with van der Waals surface area (Å²) in [6.07, 6.45) is 5.54. The highest BCUT2D eigenvalue weighted by Crippen LogP contribution is 2.19. The van der Waals surface area contributed by atoms with E-state index < -0.39 is 0 Å². The Labute approximate surface area is 100 Å². The molecular formula is C13H27N3. The van der Waals surface area contributed by atoms with E-state index in [4.69, 9.17) is 0 Å². The largest absolute Gasteiger partial charge is 0.312 e. The van der Waals surface area contributed by atoms with Gasteiger partial charge in [0, 0.05) is 31.2 Å². The molecule has 1 heterocycles. The van der Waals surface area contributed by atoms with Crippen molar-refractivity contribution < 1.29 is 0 Å². The quantitative estimate of drug-likeness (QED) is 0.732. The SMILES string of the molecule is CC(CNC1CC1)N(C)CC1CCCN1C. The molecular weight excluding hydrogens is 198 g/mol. The normalized spacial score (nSPS) is 28.9. The van der Waals surface area contributed by atoms with Crippen molar-refractivity contribution in [1.29, 1.82) is 0 Å². The van der Waals surface area contributed by atoms with Crippen LogP contribution in [0.15, 0.2) is 0 Å². The average molecular weight is 225 g/mol. The van der Waals surface area contributed by atoms with Crippen LogP contribution in [0.4, 0.5) is 0 Å². The lowest BCUT2D eigenvalue weighted by molar-refractivity contribution is 0.182. The number of hydrogen-bond donors (Lipinski definition) is 1. The van der Waals surface area contributed by atoms with E-state index in [1.807, 2.05) is 0 Å². The minimum atomic E-state index is 0.662. The average Bonchev–Trinajstić information content (AvgIpc) is 3.01. The van der Waals surface area contributed by atoms with Crippen LogP contribution in [-0.2, 0) is 0 Å². The van der Waals surface area contributed by atoms with Gasteiger partial charge >= 0.3 is 0 Å². The van der Waals surface area contributed by atoms with Gasteiger partial charge in [-0.05, 0) is 53.2 Å². The first-order valence-electron chi connectivity index (χ1n) is 6.80. The molecule has 16 heavy (non-hydrogen) atoms. The van der Waals surface area contributed by atoms with Gasteiger partial charge in [0.05, 0.1) is 0 Å². The highest BCUT2D eigenvalue weighted by atomic mass is 15.2. The molecule has 1 saturated carbocycles. The third kappa shape index (κ3) is 3.44. The van der Waals surface area contributed by atoms with E-state index in [9.17, 15) is 0 Å². The minimum Gasteiger partial charge on any atom is -0.312 e. The lowest BCUT2D eigenvalue weighted by Crippen LogP contribution is -2.44. The zero-order chi connectivity index (χ0) is 11.5. The lowest BCUT2D eigenvalue weighted by Gasteiger charge is -2.30. The molecule has 1 aliphatic heterocycles. The lowest BCUT2D eigenvalue weighted by atomic mass is 10.2. The van der Waals surface area contributed by atoms with E-state index in [1.165, 1.54) is 38.8 Å². The Morgan fingerprint density at radius 1 is 1.38 bits per heavy atom. The number of likely N-dealkylation sites (tertiary alicyclic amines) is 1. The Kier molecular flexibility index (Phi) is 4.22. The summed E-state index contributed by atoms with van der Waals surface area (Å²) in [6, 6.07) is 2.29. The zero-order valence-corrected chi connectivity index (χ0v) is 11.1. The molecule has 0 spiro atoms. The molecule has 3 heteroatoms. The first-order valence-corrected chi connectivity index (χ1v) is 6.80. The van der Waals surface area contributed by atoms with Crippen LogP contribution in [0.1, 0.15) is 32.6 Å². The second-order valence-electron chi connectivity index (χ2n) is 5.75. The molecule has 2 aliphatic rings. The maximum absolute atomic E-state index is 3.62. The predicted octanol–water partition coefficient (Wildman–Crippen LogP) is 1.15. The maximum atomic E-state index is 3.62. The summed E-state index contributed by atoms with van der Waals surface area (Å²) in [5.41, 5.74) is 0. The van der Waals surface area contributed by atoms with Crippen LogP contribution < -0.4 is 5.32 Å². The Hall–Kier alpha value is -0.120. The van der Waals surface area contributed by atoms with Crippen molar-refractivity contribution in [2.24, 2.45) is 0 Å². The predicted molar refractivity (Wildman–Crippen MR) is 68.8 cm³/mol. The summed E-state index contributed by atoms with van der Waals surface area (Å²) in [5, 5.41) is 3.62. The molecule has 0 amide bonds. The molecule has 2 rings (SSSR count). The Morgan fingerprint density at radius 3 is 2.69 bits per heavy atom. The number of nitrogens with zero attached hydrogens (tertiary/aromatic N) is 2. The Balaban J connectivity index is 1.66. The molecule has 0 aromatic rings. The Bertz CT molecular complexity index is 215. The first-order chi connectivity index (χ1) is 7.66. The van der Waals surface area contributed by atoms with E-state index in [0.717, 1.165) is 18.6 Å². The summed E-state index contributed by atoms with van der Waals surface area (Å²) in [5.74, 6) is 0. The van der Waals surface area contributed by atoms with E-state index in [0.29, 0.717) is 6.04 Å². The fraction of sp³-hybridized carbons (Fsp3) is 1.00. The van der Waals surface area contributed by atoms with E-state index >= 15 is 0 Å². The molecule has 2 unspecified atom stereocenters. The molecule has 3 nitrogen and oxygen atoms in total. The van der Waals surface area contributed by atoms with Gasteiger partial charge in [-0.25, -0.2) is 0 Å². The molecule has 1 aliphatic carbocycles. The third-order valence-corrected chi connectivity index (χ3v) is 4.20. The van der Waals surface area contributed by atoms with Crippen LogP contribution in [0.5, 0.6) is 0 Å². The molecule has 94 valence electrons. The molecule has 1 saturated heterocycles. The summed E-state index contributed by atoms with van der Waals surface area (Å²) in [4.78, 5) is 5.03. The fourth-order valence-electron chi connectivity index (χ4n) is 2.50. The molecule has 2 atom stereocenters. The van der Waals surface area contributed by atoms with Crippen LogP contribution in [-0.4, -0.2) is 61.7 Å². The van der Waals surface area contributed by atoms with Gasteiger partial charge in [0.1, 0.15) is 0 Å². The van der Waals surface area contributed by atoms with Crippen molar-refractivity contribution in [2.75, 3.05) is 33.7 Å². The van der Waals surface area contributed by atoms with Crippen molar-refractivity contribution in [3.8, 4) is 0 Å². The van der Waals surface area contributed by atoms with Gasteiger partial charge in [-0.3, -0.25) is 0 Å². The van der Waals surface area contributed by atoms with Gasteiger partial charge in [0.15, 0.2) is 0 Å². The summed E-state index contributed by atoms with van der Waals surface area (Å²) in [7, 11) is 4.53. The molecule has 1 N–H and O–H groups in total. The van der Waals surface area contributed by atoms with Crippen LogP contribution in [0, 0.1) is 0 Å². The molecule has 2 fully saturated rings. The maximum Gasteiger partial charge on any atom is 0.0220 e. The van der Waals surface area contributed by atoms with Crippen LogP contribution in [0.25, 0.3) is 0 Å². The number of hydrogen-bond acceptors (Lipinski definition) is 3. The van der Waals surface area contributed by atoms with Gasteiger partial charge in [-0.1, -0.05) is 0 Å². The minimum absolute atomic E-state index is 0.662. The first kappa shape index (κ1) is 12.3. The molecule has 0 bridgehead atoms. The third-order valence-electron chi connectivity index (χ3n) is 4.20. The zero-order valence-electron chi connectivity index (χ0n) is 11.1. The summed E-state index contributed by atoms with van der Waals surface area (Å²) < 4.78 is 0. The van der Waals surface area contributed by atoms with Gasteiger partial charge < -0.3 is 15.1 Å². The summed E-state index contributed by atoms with van der Waals surface area (Å²) in [6.45, 7) is 6.00.